The number of nitrogens with zero attached hydrogens (tertiary/aromatic N) is 1. The first-order valence-corrected chi connectivity index (χ1v) is 4.65. The van der Waals surface area contributed by atoms with Crippen molar-refractivity contribution in [2.75, 3.05) is 13.2 Å². The van der Waals surface area contributed by atoms with Crippen molar-refractivity contribution >= 4 is 11.8 Å². The molecule has 1 atom stereocenters. The van der Waals surface area contributed by atoms with Gasteiger partial charge in [0.05, 0.1) is 19.2 Å². The van der Waals surface area contributed by atoms with Crippen molar-refractivity contribution in [2.24, 2.45) is 0 Å². The van der Waals surface area contributed by atoms with E-state index in [0.717, 1.165) is 12.8 Å². The van der Waals surface area contributed by atoms with Crippen LogP contribution in [0.3, 0.4) is 0 Å². The molecule has 1 rings (SSSR count). The van der Waals surface area contributed by atoms with E-state index >= 15 is 0 Å². The van der Waals surface area contributed by atoms with Crippen LogP contribution in [0.15, 0.2) is 0 Å². The lowest BCUT2D eigenvalue weighted by Gasteiger charge is -2.26. The largest absolute Gasteiger partial charge is 0.480 e. The smallest absolute Gasteiger partial charge is 0.317 e. The average Bonchev–Trinajstić information content (AvgIpc) is 2.84. The summed E-state index contributed by atoms with van der Waals surface area (Å²) < 4.78 is 0. The third-order valence-corrected chi connectivity index (χ3v) is 2.38. The first kappa shape index (κ1) is 11.1. The number of carboxylic acids is 1. The van der Waals surface area contributed by atoms with E-state index in [0.29, 0.717) is 0 Å². The van der Waals surface area contributed by atoms with Crippen molar-refractivity contribution in [3.63, 3.8) is 0 Å². The summed E-state index contributed by atoms with van der Waals surface area (Å²) in [4.78, 5) is 23.3. The number of aliphatic carboxylic acids is 1. The zero-order valence-electron chi connectivity index (χ0n) is 8.14. The molecule has 5 heteroatoms. The van der Waals surface area contributed by atoms with Gasteiger partial charge in [0.15, 0.2) is 0 Å². The summed E-state index contributed by atoms with van der Waals surface area (Å²) in [5, 5.41) is 17.7. The third-order valence-electron chi connectivity index (χ3n) is 2.38. The maximum Gasteiger partial charge on any atom is 0.317 e. The molecule has 5 nitrogen and oxygen atoms in total. The quantitative estimate of drug-likeness (QED) is 0.605. The number of ketones is 1. The summed E-state index contributed by atoms with van der Waals surface area (Å²) in [6.07, 6.45) is 1.83. The van der Waals surface area contributed by atoms with Crippen LogP contribution in [0.25, 0.3) is 0 Å². The molecule has 0 aromatic heterocycles. The molecule has 2 N–H and O–H groups in total. The van der Waals surface area contributed by atoms with Crippen LogP contribution >= 0.6 is 0 Å². The van der Waals surface area contributed by atoms with Gasteiger partial charge < -0.3 is 10.2 Å². The zero-order valence-corrected chi connectivity index (χ0v) is 8.14. The van der Waals surface area contributed by atoms with Gasteiger partial charge in [-0.15, -0.1) is 0 Å². The third kappa shape index (κ3) is 2.78. The molecule has 80 valence electrons. The SMILES string of the molecule is CC(=O)C(CO)N(CC(=O)O)C1CC1. The Hall–Kier alpha value is -0.940. The van der Waals surface area contributed by atoms with Gasteiger partial charge in [-0.1, -0.05) is 0 Å². The lowest BCUT2D eigenvalue weighted by Crippen LogP contribution is -2.46. The standard InChI is InChI=1S/C9H15NO4/c1-6(12)8(5-11)10(4-9(13)14)7-2-3-7/h7-8,11H,2-5H2,1H3,(H,13,14). The van der Waals surface area contributed by atoms with E-state index in [1.54, 1.807) is 4.90 Å². The normalized spacial score (nSPS) is 18.2. The van der Waals surface area contributed by atoms with Crippen molar-refractivity contribution in [3.05, 3.63) is 0 Å². The number of Topliss-reactive ketones (excluding diaryl/α,β-unsaturated/α-hetero) is 1. The van der Waals surface area contributed by atoms with Gasteiger partial charge in [-0.2, -0.15) is 0 Å². The van der Waals surface area contributed by atoms with Crippen molar-refractivity contribution in [1.82, 2.24) is 4.90 Å². The molecule has 0 spiro atoms. The van der Waals surface area contributed by atoms with Crippen LogP contribution in [-0.2, 0) is 9.59 Å². The van der Waals surface area contributed by atoms with Gasteiger partial charge >= 0.3 is 5.97 Å². The molecule has 0 saturated heterocycles. The molecule has 0 amide bonds. The number of hydrogen-bond acceptors (Lipinski definition) is 4. The monoisotopic (exact) mass is 201 g/mol. The topological polar surface area (TPSA) is 77.8 Å². The highest BCUT2D eigenvalue weighted by atomic mass is 16.4. The molecule has 0 aromatic carbocycles. The van der Waals surface area contributed by atoms with Gasteiger partial charge in [-0.25, -0.2) is 0 Å². The summed E-state index contributed by atoms with van der Waals surface area (Å²) in [7, 11) is 0. The molecule has 0 aliphatic heterocycles. The van der Waals surface area contributed by atoms with Crippen molar-refractivity contribution < 1.29 is 19.8 Å². The number of carbonyl (C=O) groups is 2. The van der Waals surface area contributed by atoms with Crippen LogP contribution in [0, 0.1) is 0 Å². The molecular formula is C9H15NO4. The highest BCUT2D eigenvalue weighted by Gasteiger charge is 2.36. The second-order valence-electron chi connectivity index (χ2n) is 3.61. The van der Waals surface area contributed by atoms with E-state index in [2.05, 4.69) is 0 Å². The summed E-state index contributed by atoms with van der Waals surface area (Å²) in [5.41, 5.74) is 0. The lowest BCUT2D eigenvalue weighted by atomic mass is 10.2. The van der Waals surface area contributed by atoms with Crippen LogP contribution in [0.5, 0.6) is 0 Å². The Labute approximate surface area is 82.3 Å². The highest BCUT2D eigenvalue weighted by Crippen LogP contribution is 2.28. The molecule has 1 saturated carbocycles. The predicted molar refractivity (Wildman–Crippen MR) is 48.9 cm³/mol. The Bertz CT molecular complexity index is 237. The van der Waals surface area contributed by atoms with Gasteiger partial charge in [0.25, 0.3) is 0 Å². The fourth-order valence-corrected chi connectivity index (χ4v) is 1.52. The molecule has 0 aromatic rings. The van der Waals surface area contributed by atoms with Crippen LogP contribution in [-0.4, -0.2) is 52.1 Å². The van der Waals surface area contributed by atoms with E-state index in [1.165, 1.54) is 6.92 Å². The summed E-state index contributed by atoms with van der Waals surface area (Å²) in [6.45, 7) is 0.896. The molecule has 14 heavy (non-hydrogen) atoms. The number of carbonyl (C=O) groups excluding carboxylic acids is 1. The fourth-order valence-electron chi connectivity index (χ4n) is 1.52. The van der Waals surface area contributed by atoms with E-state index in [4.69, 9.17) is 10.2 Å². The molecular weight excluding hydrogens is 186 g/mol. The number of hydrogen-bond donors (Lipinski definition) is 2. The van der Waals surface area contributed by atoms with E-state index in [-0.39, 0.29) is 25.0 Å². The maximum atomic E-state index is 11.1. The Morgan fingerprint density at radius 3 is 2.36 bits per heavy atom. The lowest BCUT2D eigenvalue weighted by molar-refractivity contribution is -0.140. The summed E-state index contributed by atoms with van der Waals surface area (Å²) >= 11 is 0. The van der Waals surface area contributed by atoms with Gasteiger partial charge in [0.2, 0.25) is 0 Å². The average molecular weight is 201 g/mol. The van der Waals surface area contributed by atoms with Gasteiger partial charge in [-0.3, -0.25) is 14.5 Å². The van der Waals surface area contributed by atoms with Gasteiger partial charge in [-0.05, 0) is 19.8 Å². The molecule has 1 aliphatic rings. The molecule has 1 fully saturated rings. The van der Waals surface area contributed by atoms with Gasteiger partial charge in [0, 0.05) is 6.04 Å². The molecule has 0 heterocycles. The Balaban J connectivity index is 2.63. The van der Waals surface area contributed by atoms with Crippen LogP contribution < -0.4 is 0 Å². The minimum absolute atomic E-state index is 0.159. The first-order valence-electron chi connectivity index (χ1n) is 4.65. The van der Waals surface area contributed by atoms with E-state index < -0.39 is 12.0 Å². The Kier molecular flexibility index (Phi) is 3.60. The van der Waals surface area contributed by atoms with E-state index in [9.17, 15) is 9.59 Å². The molecule has 1 aliphatic carbocycles. The number of aliphatic hydroxyl groups excluding tert-OH is 1. The molecule has 0 bridgehead atoms. The summed E-state index contributed by atoms with van der Waals surface area (Å²) in [6, 6.07) is -0.495. The van der Waals surface area contributed by atoms with Crippen molar-refractivity contribution in [2.45, 2.75) is 31.8 Å². The fraction of sp³-hybridized carbons (Fsp3) is 0.778. The van der Waals surface area contributed by atoms with E-state index in [1.807, 2.05) is 0 Å². The minimum Gasteiger partial charge on any atom is -0.480 e. The Morgan fingerprint density at radius 2 is 2.07 bits per heavy atom. The maximum absolute atomic E-state index is 11.1. The zero-order chi connectivity index (χ0) is 10.7. The van der Waals surface area contributed by atoms with Crippen molar-refractivity contribution in [1.29, 1.82) is 0 Å². The summed E-state index contributed by atoms with van der Waals surface area (Å²) in [5.74, 6) is -1.14. The van der Waals surface area contributed by atoms with Gasteiger partial charge in [0.1, 0.15) is 5.78 Å². The molecule has 0 radical (unpaired) electrons. The number of aliphatic hydroxyl groups is 1. The molecule has 1 unspecified atom stereocenters. The number of rotatable bonds is 6. The van der Waals surface area contributed by atoms with Crippen LogP contribution in [0.1, 0.15) is 19.8 Å². The van der Waals surface area contributed by atoms with Crippen LogP contribution in [0.2, 0.25) is 0 Å². The predicted octanol–water partition coefficient (Wildman–Crippen LogP) is -0.515. The second-order valence-corrected chi connectivity index (χ2v) is 3.61. The van der Waals surface area contributed by atoms with Crippen molar-refractivity contribution in [3.8, 4) is 0 Å². The first-order chi connectivity index (χ1) is 6.56. The highest BCUT2D eigenvalue weighted by molar-refractivity contribution is 5.82. The van der Waals surface area contributed by atoms with Crippen LogP contribution in [0.4, 0.5) is 0 Å². The second kappa shape index (κ2) is 4.52. The number of carboxylic acid groups (broad SMARTS) is 1. The minimum atomic E-state index is -0.961. The Morgan fingerprint density at radius 1 is 1.50 bits per heavy atom.